The van der Waals surface area contributed by atoms with E-state index in [1.165, 1.54) is 28.5 Å². The molecule has 0 saturated heterocycles. The van der Waals surface area contributed by atoms with E-state index in [1.807, 2.05) is 48.5 Å². The van der Waals surface area contributed by atoms with Crippen LogP contribution in [0.1, 0.15) is 119 Å². The van der Waals surface area contributed by atoms with E-state index in [0.29, 0.717) is 5.56 Å². The maximum Gasteiger partial charge on any atom is 1.00 e. The summed E-state index contributed by atoms with van der Waals surface area (Å²) in [6.07, 6.45) is 0.891. The Balaban J connectivity index is -0.000000674. The largest absolute Gasteiger partial charge is 1.00 e. The maximum atomic E-state index is 13.0. The van der Waals surface area contributed by atoms with Gasteiger partial charge in [-0.15, -0.1) is 0 Å². The molecule has 8 heteroatoms. The van der Waals surface area contributed by atoms with Crippen molar-refractivity contribution >= 4 is 11.6 Å². The van der Waals surface area contributed by atoms with Crippen LogP contribution in [0, 0.1) is 69.2 Å². The summed E-state index contributed by atoms with van der Waals surface area (Å²) in [5.74, 6) is -0.189. The molecule has 274 valence electrons. The van der Waals surface area contributed by atoms with Gasteiger partial charge in [0.25, 0.3) is 0 Å². The highest BCUT2D eigenvalue weighted by molar-refractivity contribution is 6.05. The Hall–Kier alpha value is -2.88. The van der Waals surface area contributed by atoms with Gasteiger partial charge in [0.15, 0.2) is 24.1 Å². The molecular weight excluding hydrogens is 608 g/mol. The van der Waals surface area contributed by atoms with Crippen LogP contribution in [0.2, 0.25) is 0 Å². The molecule has 0 aromatic heterocycles. The van der Waals surface area contributed by atoms with Crippen molar-refractivity contribution in [2.45, 2.75) is 135 Å². The minimum atomic E-state index is -1.32. The van der Waals surface area contributed by atoms with E-state index >= 15 is 0 Å². The molecule has 2 aromatic carbocycles. The third-order valence-electron chi connectivity index (χ3n) is 9.18. The normalized spacial score (nSPS) is 11.7. The van der Waals surface area contributed by atoms with Gasteiger partial charge in [0.05, 0.1) is 13.4 Å². The molecule has 2 rings (SSSR count). The molecule has 1 unspecified atom stereocenters. The van der Waals surface area contributed by atoms with E-state index in [4.69, 9.17) is 9.47 Å². The van der Waals surface area contributed by atoms with Gasteiger partial charge in [0.2, 0.25) is 0 Å². The Kier molecular flexibility index (Phi) is 20.3. The summed E-state index contributed by atoms with van der Waals surface area (Å²) in [5, 5.41) is 9.89. The zero-order valence-corrected chi connectivity index (χ0v) is 33.7. The van der Waals surface area contributed by atoms with Crippen molar-refractivity contribution in [2.75, 3.05) is 28.4 Å². The van der Waals surface area contributed by atoms with Crippen LogP contribution in [-0.4, -0.2) is 68.9 Å². The number of Topliss-reactive ketones (excluding diaryl/α,β-unsaturated/α-hetero) is 2. The number of carbonyl (C=O) groups is 2. The van der Waals surface area contributed by atoms with E-state index in [1.54, 1.807) is 63.1 Å². The van der Waals surface area contributed by atoms with Gasteiger partial charge in [0.1, 0.15) is 11.2 Å². The van der Waals surface area contributed by atoms with Crippen molar-refractivity contribution in [3.05, 3.63) is 79.6 Å². The van der Waals surface area contributed by atoms with Crippen molar-refractivity contribution in [1.82, 2.24) is 0 Å². The number of rotatable bonds is 10. The predicted molar refractivity (Wildman–Crippen MR) is 199 cm³/mol. The summed E-state index contributed by atoms with van der Waals surface area (Å²) >= 11 is 0. The summed E-state index contributed by atoms with van der Waals surface area (Å²) < 4.78 is 24.5. The lowest BCUT2D eigenvalue weighted by molar-refractivity contribution is -0.160. The highest BCUT2D eigenvalue weighted by Crippen LogP contribution is 2.31. The molecular formula is C40H67O8+. The summed E-state index contributed by atoms with van der Waals surface area (Å²) in [5.41, 5.74) is 10.4. The molecule has 48 heavy (non-hydrogen) atoms. The van der Waals surface area contributed by atoms with Gasteiger partial charge in [-0.1, -0.05) is 6.58 Å². The average molecular weight is 676 g/mol. The SMILES string of the molecule is C=COC.COC(C)OC.COC(C)OC(C)(C)C(=O)c1c(C)c(C)c(C)c(C)c1C.Cc1c(C)c(C)c(C(=O)C(C)(C)O)c(C)c1C.[H+]. The van der Waals surface area contributed by atoms with Crippen molar-refractivity contribution in [2.24, 2.45) is 0 Å². The van der Waals surface area contributed by atoms with Crippen molar-refractivity contribution in [1.29, 1.82) is 0 Å². The highest BCUT2D eigenvalue weighted by atomic mass is 16.7. The number of ketones is 2. The Labute approximate surface area is 293 Å². The number of aliphatic hydroxyl groups is 1. The summed E-state index contributed by atoms with van der Waals surface area (Å²) in [4.78, 5) is 25.3. The molecule has 0 bridgehead atoms. The first-order valence-electron chi connectivity index (χ1n) is 16.2. The fraction of sp³-hybridized carbons (Fsp3) is 0.600. The Morgan fingerprint density at radius 3 is 1.04 bits per heavy atom. The topological polar surface area (TPSA) is 101 Å². The molecule has 0 heterocycles. The second kappa shape index (κ2) is 20.6. The number of ether oxygens (including phenoxy) is 5. The van der Waals surface area contributed by atoms with Gasteiger partial charge >= 0.3 is 1.43 Å². The van der Waals surface area contributed by atoms with Crippen LogP contribution in [0.5, 0.6) is 0 Å². The quantitative estimate of drug-likeness (QED) is 0.151. The van der Waals surface area contributed by atoms with Crippen LogP contribution in [0.25, 0.3) is 0 Å². The molecule has 0 spiro atoms. The minimum Gasteiger partial charge on any atom is -0.505 e. The van der Waals surface area contributed by atoms with Gasteiger partial charge in [-0.25, -0.2) is 0 Å². The minimum absolute atomic E-state index is 0. The van der Waals surface area contributed by atoms with Gasteiger partial charge in [0, 0.05) is 32.5 Å². The van der Waals surface area contributed by atoms with E-state index in [2.05, 4.69) is 48.5 Å². The highest BCUT2D eigenvalue weighted by Gasteiger charge is 2.34. The lowest BCUT2D eigenvalue weighted by Gasteiger charge is -2.29. The average Bonchev–Trinajstić information content (AvgIpc) is 3.04. The van der Waals surface area contributed by atoms with E-state index in [9.17, 15) is 14.7 Å². The third-order valence-corrected chi connectivity index (χ3v) is 9.18. The van der Waals surface area contributed by atoms with Gasteiger partial charge in [-0.3, -0.25) is 9.59 Å². The smallest absolute Gasteiger partial charge is 0.505 e. The third kappa shape index (κ3) is 12.9. The van der Waals surface area contributed by atoms with E-state index in [-0.39, 0.29) is 19.3 Å². The summed E-state index contributed by atoms with van der Waals surface area (Å²) in [7, 11) is 6.34. The molecule has 1 atom stereocenters. The molecule has 0 fully saturated rings. The van der Waals surface area contributed by atoms with E-state index in [0.717, 1.165) is 38.9 Å². The molecule has 0 aliphatic carbocycles. The standard InChI is InChI=1S/C18H28O3.C15H22O2.C4H10O2.C3H6O/c1-10-11(2)13(4)16(14(5)12(10)3)17(19)18(7,8)21-15(6)20-9;1-8-9(2)11(4)13(12(5)10(8)3)14(16)15(6,7)17;1-4(5-2)6-3;1-3-4-2/h15H,1-9H3;17H,1-7H3;4H,1-3H3;3H,1H2,2H3/p+1. The predicted octanol–water partition coefficient (Wildman–Crippen LogP) is 8.90. The van der Waals surface area contributed by atoms with Crippen molar-refractivity contribution < 1.29 is 39.8 Å². The molecule has 2 aromatic rings. The van der Waals surface area contributed by atoms with E-state index < -0.39 is 17.5 Å². The van der Waals surface area contributed by atoms with Crippen LogP contribution in [-0.2, 0) is 23.7 Å². The molecule has 0 aliphatic rings. The summed E-state index contributed by atoms with van der Waals surface area (Å²) in [6, 6.07) is 0. The van der Waals surface area contributed by atoms with Crippen LogP contribution < -0.4 is 0 Å². The van der Waals surface area contributed by atoms with Crippen molar-refractivity contribution in [3.8, 4) is 0 Å². The van der Waals surface area contributed by atoms with Crippen LogP contribution in [0.3, 0.4) is 0 Å². The van der Waals surface area contributed by atoms with Gasteiger partial charge in [-0.05, 0) is 166 Å². The lowest BCUT2D eigenvalue weighted by atomic mass is 9.84. The van der Waals surface area contributed by atoms with Gasteiger partial charge < -0.3 is 28.8 Å². The fourth-order valence-corrected chi connectivity index (χ4v) is 4.90. The zero-order chi connectivity index (χ0) is 38.5. The molecule has 1 N–H and O–H groups in total. The monoisotopic (exact) mass is 675 g/mol. The van der Waals surface area contributed by atoms with Gasteiger partial charge in [-0.2, -0.15) is 0 Å². The first-order valence-corrected chi connectivity index (χ1v) is 16.2. The summed E-state index contributed by atoms with van der Waals surface area (Å²) in [6.45, 7) is 33.9. The molecule has 0 amide bonds. The van der Waals surface area contributed by atoms with Crippen LogP contribution >= 0.6 is 0 Å². The van der Waals surface area contributed by atoms with Crippen LogP contribution in [0.4, 0.5) is 0 Å². The lowest BCUT2D eigenvalue weighted by Crippen LogP contribution is -2.39. The molecule has 0 radical (unpaired) electrons. The molecule has 0 saturated carbocycles. The molecule has 8 nitrogen and oxygen atoms in total. The number of hydrogen-bond donors (Lipinski definition) is 1. The van der Waals surface area contributed by atoms with Crippen molar-refractivity contribution in [3.63, 3.8) is 0 Å². The number of carbonyl (C=O) groups excluding carboxylic acids is 2. The maximum absolute atomic E-state index is 13.0. The Bertz CT molecular complexity index is 1320. The number of benzene rings is 2. The zero-order valence-electron chi connectivity index (χ0n) is 34.7. The number of hydrogen-bond acceptors (Lipinski definition) is 8. The second-order valence-corrected chi connectivity index (χ2v) is 13.1. The molecule has 0 aliphatic heterocycles. The fourth-order valence-electron chi connectivity index (χ4n) is 4.90. The first-order chi connectivity index (χ1) is 21.8. The first kappa shape index (κ1) is 47.2. The Morgan fingerprint density at radius 2 is 0.833 bits per heavy atom. The Morgan fingerprint density at radius 1 is 0.583 bits per heavy atom. The second-order valence-electron chi connectivity index (χ2n) is 13.1. The van der Waals surface area contributed by atoms with Crippen LogP contribution in [0.15, 0.2) is 12.8 Å². The number of methoxy groups -OCH3 is 4.